The second kappa shape index (κ2) is 9.89. The largest absolute Gasteiger partial charge is 0.494 e. The Hall–Kier alpha value is -2.27. The van der Waals surface area contributed by atoms with E-state index in [1.54, 1.807) is 24.3 Å². The zero-order valence-electron chi connectivity index (χ0n) is 14.6. The summed E-state index contributed by atoms with van der Waals surface area (Å²) in [6.45, 7) is 4.60. The van der Waals surface area contributed by atoms with Crippen molar-refractivity contribution in [3.05, 3.63) is 59.7 Å². The number of hydrogen-bond donors (Lipinski definition) is 1. The van der Waals surface area contributed by atoms with E-state index in [9.17, 15) is 9.59 Å². The second-order valence-electron chi connectivity index (χ2n) is 5.47. The maximum absolute atomic E-state index is 12.1. The number of aryl methyl sites for hydroxylation is 1. The van der Waals surface area contributed by atoms with Gasteiger partial charge in [-0.2, -0.15) is 0 Å². The van der Waals surface area contributed by atoms with Crippen molar-refractivity contribution in [3.8, 4) is 5.75 Å². The zero-order valence-corrected chi connectivity index (χ0v) is 15.4. The van der Waals surface area contributed by atoms with Crippen LogP contribution in [0.3, 0.4) is 0 Å². The Morgan fingerprint density at radius 3 is 2.24 bits per heavy atom. The molecule has 0 heterocycles. The zero-order chi connectivity index (χ0) is 18.1. The van der Waals surface area contributed by atoms with Gasteiger partial charge in [-0.25, -0.2) is 0 Å². The average molecular weight is 357 g/mol. The molecule has 4 nitrogen and oxygen atoms in total. The molecule has 0 aliphatic heterocycles. The minimum absolute atomic E-state index is 0.00754. The van der Waals surface area contributed by atoms with E-state index in [0.717, 1.165) is 17.9 Å². The highest BCUT2D eigenvalue weighted by Gasteiger charge is 2.09. The van der Waals surface area contributed by atoms with Gasteiger partial charge in [0.25, 0.3) is 0 Å². The molecule has 0 unspecified atom stereocenters. The summed E-state index contributed by atoms with van der Waals surface area (Å²) < 4.78 is 5.35. The van der Waals surface area contributed by atoms with Gasteiger partial charge in [-0.1, -0.05) is 19.1 Å². The van der Waals surface area contributed by atoms with E-state index in [4.69, 9.17) is 4.74 Å². The van der Waals surface area contributed by atoms with Crippen LogP contribution < -0.4 is 10.1 Å². The minimum Gasteiger partial charge on any atom is -0.494 e. The van der Waals surface area contributed by atoms with Crippen molar-refractivity contribution in [1.82, 2.24) is 0 Å². The minimum atomic E-state index is -0.103. The Morgan fingerprint density at radius 1 is 0.960 bits per heavy atom. The van der Waals surface area contributed by atoms with Crippen LogP contribution in [-0.2, 0) is 11.2 Å². The normalized spacial score (nSPS) is 10.3. The smallest absolute Gasteiger partial charge is 0.234 e. The first-order chi connectivity index (χ1) is 12.1. The number of benzene rings is 2. The lowest BCUT2D eigenvalue weighted by Gasteiger charge is -2.06. The molecule has 2 aromatic rings. The number of amides is 1. The SMILES string of the molecule is CCOc1ccc(C(=O)CSCC(=O)Nc2ccc(CC)cc2)cc1. The van der Waals surface area contributed by atoms with Crippen LogP contribution in [0, 0.1) is 0 Å². The summed E-state index contributed by atoms with van der Waals surface area (Å²) in [6.07, 6.45) is 0.970. The van der Waals surface area contributed by atoms with Crippen molar-refractivity contribution in [1.29, 1.82) is 0 Å². The average Bonchev–Trinajstić information content (AvgIpc) is 2.63. The van der Waals surface area contributed by atoms with Gasteiger partial charge in [0.05, 0.1) is 18.1 Å². The van der Waals surface area contributed by atoms with E-state index in [2.05, 4.69) is 12.2 Å². The fraction of sp³-hybridized carbons (Fsp3) is 0.300. The van der Waals surface area contributed by atoms with Gasteiger partial charge < -0.3 is 10.1 Å². The third-order valence-corrected chi connectivity index (χ3v) is 4.53. The Kier molecular flexibility index (Phi) is 7.54. The van der Waals surface area contributed by atoms with Crippen LogP contribution in [0.2, 0.25) is 0 Å². The lowest BCUT2D eigenvalue weighted by molar-refractivity contribution is -0.113. The molecule has 2 aromatic carbocycles. The lowest BCUT2D eigenvalue weighted by atomic mass is 10.1. The van der Waals surface area contributed by atoms with Crippen molar-refractivity contribution in [2.75, 3.05) is 23.4 Å². The highest BCUT2D eigenvalue weighted by molar-refractivity contribution is 8.00. The van der Waals surface area contributed by atoms with E-state index in [0.29, 0.717) is 12.2 Å². The van der Waals surface area contributed by atoms with E-state index in [1.807, 2.05) is 31.2 Å². The molecule has 2 rings (SSSR count). The van der Waals surface area contributed by atoms with Crippen LogP contribution in [0.4, 0.5) is 5.69 Å². The summed E-state index contributed by atoms with van der Waals surface area (Å²) in [7, 11) is 0. The van der Waals surface area contributed by atoms with Gasteiger partial charge >= 0.3 is 0 Å². The van der Waals surface area contributed by atoms with E-state index in [1.165, 1.54) is 17.3 Å². The molecule has 0 bridgehead atoms. The number of Topliss-reactive ketones (excluding diaryl/α,β-unsaturated/α-hetero) is 1. The number of carbonyl (C=O) groups excluding carboxylic acids is 2. The van der Waals surface area contributed by atoms with Gasteiger partial charge in [0.1, 0.15) is 5.75 Å². The molecule has 0 aliphatic carbocycles. The van der Waals surface area contributed by atoms with Gasteiger partial charge in [0.15, 0.2) is 5.78 Å². The van der Waals surface area contributed by atoms with Crippen LogP contribution in [0.15, 0.2) is 48.5 Å². The predicted molar refractivity (Wildman–Crippen MR) is 104 cm³/mol. The summed E-state index contributed by atoms with van der Waals surface area (Å²) in [4.78, 5) is 24.1. The maximum atomic E-state index is 12.1. The second-order valence-corrected chi connectivity index (χ2v) is 6.46. The van der Waals surface area contributed by atoms with E-state index < -0.39 is 0 Å². The number of ketones is 1. The summed E-state index contributed by atoms with van der Waals surface area (Å²) >= 11 is 1.31. The molecule has 0 atom stereocenters. The Bertz CT molecular complexity index is 696. The van der Waals surface area contributed by atoms with Crippen molar-refractivity contribution >= 4 is 29.1 Å². The molecule has 0 saturated carbocycles. The van der Waals surface area contributed by atoms with Gasteiger partial charge in [0, 0.05) is 11.3 Å². The molecule has 5 heteroatoms. The molecular formula is C20H23NO3S. The first-order valence-corrected chi connectivity index (χ1v) is 9.50. The van der Waals surface area contributed by atoms with Crippen LogP contribution in [0.1, 0.15) is 29.8 Å². The Balaban J connectivity index is 1.75. The molecule has 0 fully saturated rings. The van der Waals surface area contributed by atoms with Crippen molar-refractivity contribution in [2.24, 2.45) is 0 Å². The molecule has 1 amide bonds. The van der Waals surface area contributed by atoms with Gasteiger partial charge in [-0.15, -0.1) is 11.8 Å². The molecule has 0 aromatic heterocycles. The van der Waals surface area contributed by atoms with Gasteiger partial charge in [0.2, 0.25) is 5.91 Å². The van der Waals surface area contributed by atoms with E-state index >= 15 is 0 Å². The fourth-order valence-electron chi connectivity index (χ4n) is 2.24. The third kappa shape index (κ3) is 6.27. The standard InChI is InChI=1S/C20H23NO3S/c1-3-15-5-9-17(10-6-15)21-20(23)14-25-13-19(22)16-7-11-18(12-8-16)24-4-2/h5-12H,3-4,13-14H2,1-2H3,(H,21,23). The topological polar surface area (TPSA) is 55.4 Å². The highest BCUT2D eigenvalue weighted by atomic mass is 32.2. The molecule has 132 valence electrons. The number of thioether (sulfide) groups is 1. The first kappa shape index (κ1) is 19.1. The molecule has 0 spiro atoms. The molecule has 0 saturated heterocycles. The summed E-state index contributed by atoms with van der Waals surface area (Å²) in [5.41, 5.74) is 2.64. The van der Waals surface area contributed by atoms with Crippen molar-refractivity contribution in [2.45, 2.75) is 20.3 Å². The molecule has 25 heavy (non-hydrogen) atoms. The molecule has 0 aliphatic rings. The van der Waals surface area contributed by atoms with Crippen LogP contribution in [0.5, 0.6) is 5.75 Å². The molecule has 1 N–H and O–H groups in total. The summed E-state index contributed by atoms with van der Waals surface area (Å²) in [6, 6.07) is 14.9. The number of anilines is 1. The van der Waals surface area contributed by atoms with E-state index in [-0.39, 0.29) is 23.2 Å². The lowest BCUT2D eigenvalue weighted by Crippen LogP contribution is -2.15. The highest BCUT2D eigenvalue weighted by Crippen LogP contribution is 2.15. The quantitative estimate of drug-likeness (QED) is 0.683. The van der Waals surface area contributed by atoms with Crippen LogP contribution in [0.25, 0.3) is 0 Å². The maximum Gasteiger partial charge on any atom is 0.234 e. The number of hydrogen-bond acceptors (Lipinski definition) is 4. The third-order valence-electron chi connectivity index (χ3n) is 3.60. The summed E-state index contributed by atoms with van der Waals surface area (Å²) in [5, 5.41) is 2.84. The van der Waals surface area contributed by atoms with Crippen LogP contribution >= 0.6 is 11.8 Å². The number of rotatable bonds is 9. The van der Waals surface area contributed by atoms with Crippen molar-refractivity contribution in [3.63, 3.8) is 0 Å². The first-order valence-electron chi connectivity index (χ1n) is 8.35. The predicted octanol–water partition coefficient (Wildman–Crippen LogP) is 4.20. The number of carbonyl (C=O) groups is 2. The number of ether oxygens (including phenoxy) is 1. The Morgan fingerprint density at radius 2 is 1.64 bits per heavy atom. The van der Waals surface area contributed by atoms with Gasteiger partial charge in [-0.05, 0) is 55.3 Å². The van der Waals surface area contributed by atoms with Gasteiger partial charge in [-0.3, -0.25) is 9.59 Å². The molecule has 0 radical (unpaired) electrons. The fourth-order valence-corrected chi connectivity index (χ4v) is 2.96. The van der Waals surface area contributed by atoms with Crippen LogP contribution in [-0.4, -0.2) is 29.8 Å². The monoisotopic (exact) mass is 357 g/mol. The number of nitrogens with one attached hydrogen (secondary N) is 1. The Labute approximate surface area is 153 Å². The van der Waals surface area contributed by atoms with Crippen molar-refractivity contribution < 1.29 is 14.3 Å². The summed E-state index contributed by atoms with van der Waals surface area (Å²) in [5.74, 6) is 1.18. The molecular weight excluding hydrogens is 334 g/mol.